The number of carbonyl (C=O) groups excluding carboxylic acids is 2. The van der Waals surface area contributed by atoms with Gasteiger partial charge >= 0.3 is 5.97 Å². The summed E-state index contributed by atoms with van der Waals surface area (Å²) in [7, 11) is 1.24. The summed E-state index contributed by atoms with van der Waals surface area (Å²) in [5, 5.41) is 11.9. The van der Waals surface area contributed by atoms with Gasteiger partial charge in [0.05, 0.1) is 13.2 Å². The topological polar surface area (TPSA) is 79.2 Å². The Labute approximate surface area is 122 Å². The lowest BCUT2D eigenvalue weighted by molar-refractivity contribution is -0.143. The van der Waals surface area contributed by atoms with Gasteiger partial charge in [0, 0.05) is 16.5 Å². The Balaban J connectivity index is 2.78. The van der Waals surface area contributed by atoms with Crippen LogP contribution in [0.4, 0.5) is 0 Å². The molecule has 0 spiro atoms. The number of methoxy groups -OCH3 is 1. The molecule has 1 aromatic rings. The minimum Gasteiger partial charge on any atom is -0.467 e. The Morgan fingerprint density at radius 2 is 2.00 bits per heavy atom. The van der Waals surface area contributed by atoms with Crippen molar-refractivity contribution in [3.05, 3.63) is 34.9 Å². The number of carbonyl (C=O) groups is 2. The fourth-order valence-corrected chi connectivity index (χ4v) is 1.73. The van der Waals surface area contributed by atoms with Gasteiger partial charge in [0.2, 0.25) is 0 Å². The molecule has 1 aromatic carbocycles. The van der Waals surface area contributed by atoms with Crippen LogP contribution in [0.1, 0.15) is 23.7 Å². The summed E-state index contributed by atoms with van der Waals surface area (Å²) in [5.41, 5.74) is 0.382. The Bertz CT molecular complexity index is 522. The van der Waals surface area contributed by atoms with Crippen molar-refractivity contribution in [3.8, 4) is 6.07 Å². The van der Waals surface area contributed by atoms with Gasteiger partial charge in [-0.05, 0) is 37.6 Å². The van der Waals surface area contributed by atoms with Gasteiger partial charge < -0.3 is 10.1 Å². The first kappa shape index (κ1) is 16.0. The maximum atomic E-state index is 12.0. The summed E-state index contributed by atoms with van der Waals surface area (Å²) in [6.07, 6.45) is 0.197. The van der Waals surface area contributed by atoms with Crippen LogP contribution in [0.25, 0.3) is 0 Å². The molecule has 0 aliphatic carbocycles. The molecule has 106 valence electrons. The van der Waals surface area contributed by atoms with Gasteiger partial charge in [-0.25, -0.2) is 4.79 Å². The summed E-state index contributed by atoms with van der Waals surface area (Å²) in [5.74, 6) is -1.36. The van der Waals surface area contributed by atoms with Crippen molar-refractivity contribution in [2.75, 3.05) is 7.11 Å². The van der Waals surface area contributed by atoms with Crippen molar-refractivity contribution in [2.24, 2.45) is 5.92 Å². The standard InChI is InChI=1S/C14H15ClN2O3/c1-9(8-16)7-12(14(19)20-2)17-13(18)10-3-5-11(15)6-4-10/h3-6,9,12H,7H2,1-2H3,(H,17,18)/t9-,12-/m1/s1. The number of nitrogens with zero attached hydrogens (tertiary/aromatic N) is 1. The van der Waals surface area contributed by atoms with Crippen molar-refractivity contribution < 1.29 is 14.3 Å². The van der Waals surface area contributed by atoms with E-state index in [0.717, 1.165) is 0 Å². The number of hydrogen-bond donors (Lipinski definition) is 1. The van der Waals surface area contributed by atoms with Crippen LogP contribution in [-0.4, -0.2) is 25.0 Å². The minimum absolute atomic E-state index is 0.197. The maximum absolute atomic E-state index is 12.0. The SMILES string of the molecule is COC(=O)[C@@H](C[C@@H](C)C#N)NC(=O)c1ccc(Cl)cc1. The molecule has 0 saturated carbocycles. The summed E-state index contributed by atoms with van der Waals surface area (Å²) < 4.78 is 4.63. The molecule has 0 aliphatic heterocycles. The second-order valence-electron chi connectivity index (χ2n) is 4.32. The van der Waals surface area contributed by atoms with E-state index < -0.39 is 17.9 Å². The Morgan fingerprint density at radius 1 is 1.40 bits per heavy atom. The highest BCUT2D eigenvalue weighted by molar-refractivity contribution is 6.30. The van der Waals surface area contributed by atoms with Crippen LogP contribution < -0.4 is 5.32 Å². The molecule has 0 bridgehead atoms. The summed E-state index contributed by atoms with van der Waals surface area (Å²) >= 11 is 5.74. The first-order valence-corrected chi connectivity index (χ1v) is 6.39. The van der Waals surface area contributed by atoms with Crippen LogP contribution in [0.3, 0.4) is 0 Å². The summed E-state index contributed by atoms with van der Waals surface area (Å²) in [6.45, 7) is 1.67. The molecule has 1 N–H and O–H groups in total. The lowest BCUT2D eigenvalue weighted by atomic mass is 10.0. The van der Waals surface area contributed by atoms with Crippen LogP contribution in [0.2, 0.25) is 5.02 Å². The molecule has 1 amide bonds. The fourth-order valence-electron chi connectivity index (χ4n) is 1.61. The molecule has 5 nitrogen and oxygen atoms in total. The lowest BCUT2D eigenvalue weighted by Gasteiger charge is -2.17. The fraction of sp³-hybridized carbons (Fsp3) is 0.357. The first-order valence-electron chi connectivity index (χ1n) is 6.01. The number of nitriles is 1. The zero-order valence-corrected chi connectivity index (χ0v) is 12.0. The molecule has 0 radical (unpaired) electrons. The van der Waals surface area contributed by atoms with E-state index in [2.05, 4.69) is 10.1 Å². The van der Waals surface area contributed by atoms with Gasteiger partial charge in [-0.2, -0.15) is 5.26 Å². The van der Waals surface area contributed by atoms with Gasteiger partial charge in [0.15, 0.2) is 0 Å². The molecule has 0 unspecified atom stereocenters. The largest absolute Gasteiger partial charge is 0.467 e. The van der Waals surface area contributed by atoms with Crippen LogP contribution in [0.5, 0.6) is 0 Å². The van der Waals surface area contributed by atoms with Crippen molar-refractivity contribution in [3.63, 3.8) is 0 Å². The Hall–Kier alpha value is -2.06. The molecule has 0 heterocycles. The Kier molecular flexibility index (Phi) is 6.01. The normalized spacial score (nSPS) is 12.9. The van der Waals surface area contributed by atoms with Gasteiger partial charge in [-0.15, -0.1) is 0 Å². The van der Waals surface area contributed by atoms with E-state index >= 15 is 0 Å². The number of esters is 1. The molecule has 1 rings (SSSR count). The predicted molar refractivity (Wildman–Crippen MR) is 74.1 cm³/mol. The Morgan fingerprint density at radius 3 is 2.50 bits per heavy atom. The summed E-state index contributed by atoms with van der Waals surface area (Å²) in [4.78, 5) is 23.6. The third kappa shape index (κ3) is 4.56. The van der Waals surface area contributed by atoms with Crippen molar-refractivity contribution in [1.29, 1.82) is 5.26 Å². The van der Waals surface area contributed by atoms with Crippen LogP contribution in [0, 0.1) is 17.2 Å². The number of amides is 1. The third-order valence-electron chi connectivity index (χ3n) is 2.71. The van der Waals surface area contributed by atoms with E-state index in [1.807, 2.05) is 6.07 Å². The third-order valence-corrected chi connectivity index (χ3v) is 2.96. The zero-order chi connectivity index (χ0) is 15.1. The average Bonchev–Trinajstić information content (AvgIpc) is 2.46. The number of ether oxygens (including phenoxy) is 1. The minimum atomic E-state index is -0.849. The smallest absolute Gasteiger partial charge is 0.328 e. The van der Waals surface area contributed by atoms with Crippen LogP contribution in [-0.2, 0) is 9.53 Å². The molecule has 20 heavy (non-hydrogen) atoms. The van der Waals surface area contributed by atoms with E-state index in [9.17, 15) is 9.59 Å². The van der Waals surface area contributed by atoms with Gasteiger partial charge in [-0.1, -0.05) is 11.6 Å². The zero-order valence-electron chi connectivity index (χ0n) is 11.2. The number of hydrogen-bond acceptors (Lipinski definition) is 4. The van der Waals surface area contributed by atoms with Crippen molar-refractivity contribution in [2.45, 2.75) is 19.4 Å². The second kappa shape index (κ2) is 7.51. The molecule has 0 aromatic heterocycles. The van der Waals surface area contributed by atoms with Crippen molar-refractivity contribution >= 4 is 23.5 Å². The highest BCUT2D eigenvalue weighted by Crippen LogP contribution is 2.11. The lowest BCUT2D eigenvalue weighted by Crippen LogP contribution is -2.42. The van der Waals surface area contributed by atoms with Gasteiger partial charge in [-0.3, -0.25) is 4.79 Å². The number of benzene rings is 1. The van der Waals surface area contributed by atoms with Crippen molar-refractivity contribution in [1.82, 2.24) is 5.32 Å². The number of rotatable bonds is 5. The van der Waals surface area contributed by atoms with Crippen LogP contribution in [0.15, 0.2) is 24.3 Å². The molecule has 0 fully saturated rings. The van der Waals surface area contributed by atoms with E-state index in [0.29, 0.717) is 10.6 Å². The molecular weight excluding hydrogens is 280 g/mol. The molecule has 0 aliphatic rings. The summed E-state index contributed by atoms with van der Waals surface area (Å²) in [6, 6.07) is 7.45. The van der Waals surface area contributed by atoms with Gasteiger partial charge in [0.1, 0.15) is 6.04 Å². The highest BCUT2D eigenvalue weighted by Gasteiger charge is 2.24. The maximum Gasteiger partial charge on any atom is 0.328 e. The molecular formula is C14H15ClN2O3. The van der Waals surface area contributed by atoms with E-state index in [4.69, 9.17) is 16.9 Å². The molecule has 6 heteroatoms. The monoisotopic (exact) mass is 294 g/mol. The first-order chi connectivity index (χ1) is 9.47. The average molecular weight is 295 g/mol. The predicted octanol–water partition coefficient (Wildman–Crippen LogP) is 2.16. The number of nitrogens with one attached hydrogen (secondary N) is 1. The van der Waals surface area contributed by atoms with Gasteiger partial charge in [0.25, 0.3) is 5.91 Å². The highest BCUT2D eigenvalue weighted by atomic mass is 35.5. The molecule has 2 atom stereocenters. The molecule has 0 saturated heterocycles. The number of halogens is 1. The van der Waals surface area contributed by atoms with E-state index in [-0.39, 0.29) is 12.3 Å². The van der Waals surface area contributed by atoms with Crippen LogP contribution >= 0.6 is 11.6 Å². The van der Waals surface area contributed by atoms with E-state index in [1.54, 1.807) is 31.2 Å². The quantitative estimate of drug-likeness (QED) is 0.844. The second-order valence-corrected chi connectivity index (χ2v) is 4.76. The van der Waals surface area contributed by atoms with E-state index in [1.165, 1.54) is 7.11 Å².